The second-order valence-corrected chi connectivity index (χ2v) is 9.57. The van der Waals surface area contributed by atoms with E-state index >= 15 is 0 Å². The summed E-state index contributed by atoms with van der Waals surface area (Å²) in [5, 5.41) is 2.59. The van der Waals surface area contributed by atoms with Gasteiger partial charge < -0.3 is 10.2 Å². The molecule has 0 spiro atoms. The lowest BCUT2D eigenvalue weighted by Crippen LogP contribution is -2.62. The van der Waals surface area contributed by atoms with Crippen molar-refractivity contribution < 1.29 is 18.0 Å². The summed E-state index contributed by atoms with van der Waals surface area (Å²) in [6.45, 7) is 5.91. The van der Waals surface area contributed by atoms with Gasteiger partial charge in [-0.25, -0.2) is 8.42 Å². The Morgan fingerprint density at radius 3 is 2.42 bits per heavy atom. The molecule has 2 saturated heterocycles. The number of hydrogen-bond donors (Lipinski definition) is 1. The molecule has 2 atom stereocenters. The molecule has 142 valence electrons. The summed E-state index contributed by atoms with van der Waals surface area (Å²) in [6.07, 6.45) is 0. The number of para-hydroxylation sites is 1. The molecule has 1 aromatic carbocycles. The predicted octanol–water partition coefficient (Wildman–Crippen LogP) is 0.591. The third kappa shape index (κ3) is 4.07. The van der Waals surface area contributed by atoms with Gasteiger partial charge in [-0.3, -0.25) is 14.5 Å². The molecule has 2 heterocycles. The number of carbonyl (C=O) groups excluding carboxylic acids is 2. The first-order valence-corrected chi connectivity index (χ1v) is 10.7. The van der Waals surface area contributed by atoms with E-state index in [1.54, 1.807) is 24.3 Å². The summed E-state index contributed by atoms with van der Waals surface area (Å²) < 4.78 is 24.4. The fourth-order valence-corrected chi connectivity index (χ4v) is 5.82. The maximum atomic E-state index is 12.7. The Hall–Kier alpha value is -1.93. The number of rotatable bonds is 3. The molecular formula is C18H25N3O4S. The van der Waals surface area contributed by atoms with E-state index in [9.17, 15) is 18.0 Å². The highest BCUT2D eigenvalue weighted by Crippen LogP contribution is 2.28. The molecule has 0 saturated carbocycles. The molecule has 3 rings (SSSR count). The summed E-state index contributed by atoms with van der Waals surface area (Å²) in [5.74, 6) is -1.00. The Balaban J connectivity index is 1.75. The van der Waals surface area contributed by atoms with Crippen LogP contribution >= 0.6 is 0 Å². The number of anilines is 1. The van der Waals surface area contributed by atoms with Crippen molar-refractivity contribution in [2.45, 2.75) is 25.9 Å². The van der Waals surface area contributed by atoms with Crippen LogP contribution in [0.5, 0.6) is 0 Å². The monoisotopic (exact) mass is 379 g/mol. The van der Waals surface area contributed by atoms with E-state index in [0.717, 1.165) is 6.54 Å². The van der Waals surface area contributed by atoms with Gasteiger partial charge in [0, 0.05) is 31.4 Å². The Bertz CT molecular complexity index is 779. The quantitative estimate of drug-likeness (QED) is 0.777. The van der Waals surface area contributed by atoms with Crippen LogP contribution < -0.4 is 5.32 Å². The standard InChI is InChI=1S/C18H25N3O4S/c1-13(2)10-20-8-9-21(16-12-26(24,25)11-15(16)20)18(23)17(22)19-14-6-4-3-5-7-14/h3-7,13,15-16H,8-12H2,1-2H3,(H,19,22)/t15-,16+/m0/s1. The van der Waals surface area contributed by atoms with Gasteiger partial charge in [0.2, 0.25) is 0 Å². The van der Waals surface area contributed by atoms with Crippen LogP contribution in [0.1, 0.15) is 13.8 Å². The second kappa shape index (κ2) is 7.36. The van der Waals surface area contributed by atoms with E-state index in [-0.39, 0.29) is 17.5 Å². The first-order valence-electron chi connectivity index (χ1n) is 8.88. The fraction of sp³-hybridized carbons (Fsp3) is 0.556. The first kappa shape index (κ1) is 18.8. The molecule has 2 aliphatic heterocycles. The second-order valence-electron chi connectivity index (χ2n) is 7.42. The molecule has 0 radical (unpaired) electrons. The summed E-state index contributed by atoms with van der Waals surface area (Å²) in [4.78, 5) is 28.6. The van der Waals surface area contributed by atoms with E-state index in [1.165, 1.54) is 4.90 Å². The van der Waals surface area contributed by atoms with Gasteiger partial charge in [-0.05, 0) is 18.1 Å². The van der Waals surface area contributed by atoms with Crippen LogP contribution in [-0.2, 0) is 19.4 Å². The van der Waals surface area contributed by atoms with Crippen molar-refractivity contribution in [2.24, 2.45) is 5.92 Å². The van der Waals surface area contributed by atoms with Crippen LogP contribution in [0.4, 0.5) is 5.69 Å². The first-order chi connectivity index (χ1) is 12.3. The third-order valence-electron chi connectivity index (χ3n) is 4.88. The lowest BCUT2D eigenvalue weighted by molar-refractivity contribution is -0.147. The predicted molar refractivity (Wildman–Crippen MR) is 99.4 cm³/mol. The molecule has 8 heteroatoms. The number of sulfone groups is 1. The molecule has 2 amide bonds. The summed E-state index contributed by atoms with van der Waals surface area (Å²) in [6, 6.07) is 8.07. The molecule has 1 N–H and O–H groups in total. The van der Waals surface area contributed by atoms with E-state index < -0.39 is 27.7 Å². The molecular weight excluding hydrogens is 354 g/mol. The third-order valence-corrected chi connectivity index (χ3v) is 6.58. The largest absolute Gasteiger partial charge is 0.328 e. The Morgan fingerprint density at radius 1 is 1.12 bits per heavy atom. The molecule has 0 bridgehead atoms. The Kier molecular flexibility index (Phi) is 5.34. The normalized spacial score (nSPS) is 25.1. The van der Waals surface area contributed by atoms with Gasteiger partial charge in [0.1, 0.15) is 0 Å². The van der Waals surface area contributed by atoms with Gasteiger partial charge >= 0.3 is 11.8 Å². The van der Waals surface area contributed by atoms with Gasteiger partial charge in [0.25, 0.3) is 0 Å². The summed E-state index contributed by atoms with van der Waals surface area (Å²) in [7, 11) is -3.22. The van der Waals surface area contributed by atoms with Crippen molar-refractivity contribution in [3.8, 4) is 0 Å². The van der Waals surface area contributed by atoms with Crippen molar-refractivity contribution in [3.63, 3.8) is 0 Å². The molecule has 2 fully saturated rings. The van der Waals surface area contributed by atoms with Crippen LogP contribution in [0.15, 0.2) is 30.3 Å². The highest BCUT2D eigenvalue weighted by Gasteiger charge is 2.48. The number of carbonyl (C=O) groups is 2. The zero-order chi connectivity index (χ0) is 18.9. The van der Waals surface area contributed by atoms with Crippen molar-refractivity contribution in [2.75, 3.05) is 36.5 Å². The van der Waals surface area contributed by atoms with Crippen molar-refractivity contribution in [1.82, 2.24) is 9.80 Å². The van der Waals surface area contributed by atoms with Gasteiger partial charge in [0.05, 0.1) is 17.5 Å². The van der Waals surface area contributed by atoms with Gasteiger partial charge in [-0.2, -0.15) is 0 Å². The van der Waals surface area contributed by atoms with Crippen LogP contribution in [0.3, 0.4) is 0 Å². The van der Waals surface area contributed by atoms with Gasteiger partial charge in [-0.1, -0.05) is 32.0 Å². The lowest BCUT2D eigenvalue weighted by Gasteiger charge is -2.44. The molecule has 0 unspecified atom stereocenters. The molecule has 1 aromatic rings. The molecule has 2 aliphatic rings. The van der Waals surface area contributed by atoms with E-state index in [4.69, 9.17) is 0 Å². The highest BCUT2D eigenvalue weighted by molar-refractivity contribution is 7.91. The van der Waals surface area contributed by atoms with E-state index in [2.05, 4.69) is 24.1 Å². The number of piperazine rings is 1. The van der Waals surface area contributed by atoms with Crippen LogP contribution in [0, 0.1) is 5.92 Å². The zero-order valence-corrected chi connectivity index (χ0v) is 15.9. The number of benzene rings is 1. The average molecular weight is 379 g/mol. The number of nitrogens with zero attached hydrogens (tertiary/aromatic N) is 2. The Labute approximate surface area is 154 Å². The summed E-state index contributed by atoms with van der Waals surface area (Å²) >= 11 is 0. The van der Waals surface area contributed by atoms with Crippen molar-refractivity contribution >= 4 is 27.3 Å². The molecule has 26 heavy (non-hydrogen) atoms. The maximum Gasteiger partial charge on any atom is 0.313 e. The van der Waals surface area contributed by atoms with Crippen LogP contribution in [-0.4, -0.2) is 73.3 Å². The van der Waals surface area contributed by atoms with Gasteiger partial charge in [-0.15, -0.1) is 0 Å². The zero-order valence-electron chi connectivity index (χ0n) is 15.1. The number of amides is 2. The minimum absolute atomic E-state index is 0.0501. The van der Waals surface area contributed by atoms with Gasteiger partial charge in [0.15, 0.2) is 9.84 Å². The lowest BCUT2D eigenvalue weighted by atomic mass is 10.0. The fourth-order valence-electron chi connectivity index (χ4n) is 3.81. The average Bonchev–Trinajstić information content (AvgIpc) is 2.90. The van der Waals surface area contributed by atoms with Crippen molar-refractivity contribution in [3.05, 3.63) is 30.3 Å². The minimum Gasteiger partial charge on any atom is -0.328 e. The van der Waals surface area contributed by atoms with Crippen molar-refractivity contribution in [1.29, 1.82) is 0 Å². The van der Waals surface area contributed by atoms with E-state index in [0.29, 0.717) is 24.7 Å². The number of fused-ring (bicyclic) bond motifs is 1. The minimum atomic E-state index is -3.22. The van der Waals surface area contributed by atoms with Crippen LogP contribution in [0.2, 0.25) is 0 Å². The smallest absolute Gasteiger partial charge is 0.313 e. The maximum absolute atomic E-state index is 12.7. The van der Waals surface area contributed by atoms with Crippen LogP contribution in [0.25, 0.3) is 0 Å². The topological polar surface area (TPSA) is 86.8 Å². The van der Waals surface area contributed by atoms with E-state index in [1.807, 2.05) is 6.07 Å². The highest BCUT2D eigenvalue weighted by atomic mass is 32.2. The number of hydrogen-bond acceptors (Lipinski definition) is 5. The molecule has 7 nitrogen and oxygen atoms in total. The molecule has 0 aromatic heterocycles. The Morgan fingerprint density at radius 2 is 1.77 bits per heavy atom. The summed E-state index contributed by atoms with van der Waals surface area (Å²) in [5.41, 5.74) is 0.542. The SMILES string of the molecule is CC(C)CN1CCN(C(=O)C(=O)Nc2ccccc2)[C@@H]2CS(=O)(=O)C[C@@H]21. The number of nitrogens with one attached hydrogen (secondary N) is 1. The molecule has 0 aliphatic carbocycles.